The van der Waals surface area contributed by atoms with Gasteiger partial charge in [0.05, 0.1) is 5.02 Å². The molecule has 0 atom stereocenters. The first-order valence-electron chi connectivity index (χ1n) is 5.63. The molecular formula is C11H16BrClN2O2S. The van der Waals surface area contributed by atoms with E-state index in [0.717, 1.165) is 24.0 Å². The molecule has 0 bridgehead atoms. The highest BCUT2D eigenvalue weighted by Gasteiger charge is 2.17. The molecular weight excluding hydrogens is 340 g/mol. The van der Waals surface area contributed by atoms with Gasteiger partial charge in [0, 0.05) is 11.0 Å². The summed E-state index contributed by atoms with van der Waals surface area (Å²) >= 11 is 9.15. The first kappa shape index (κ1) is 15.9. The van der Waals surface area contributed by atoms with Crippen molar-refractivity contribution >= 4 is 37.6 Å². The topological polar surface area (TPSA) is 58.2 Å². The lowest BCUT2D eigenvalue weighted by Gasteiger charge is -2.08. The van der Waals surface area contributed by atoms with E-state index in [4.69, 9.17) is 11.6 Å². The van der Waals surface area contributed by atoms with Gasteiger partial charge < -0.3 is 5.32 Å². The van der Waals surface area contributed by atoms with Crippen LogP contribution >= 0.6 is 27.5 Å². The van der Waals surface area contributed by atoms with E-state index in [1.54, 1.807) is 12.1 Å². The van der Waals surface area contributed by atoms with Gasteiger partial charge in [0.2, 0.25) is 10.0 Å². The van der Waals surface area contributed by atoms with Crippen molar-refractivity contribution in [3.63, 3.8) is 0 Å². The molecule has 0 fully saturated rings. The minimum absolute atomic E-state index is 0.107. The summed E-state index contributed by atoms with van der Waals surface area (Å²) in [4.78, 5) is 0.107. The Morgan fingerprint density at radius 3 is 2.67 bits per heavy atom. The summed E-state index contributed by atoms with van der Waals surface area (Å²) in [5.74, 6) is 0. The minimum Gasteiger partial charge on any atom is -0.317 e. The van der Waals surface area contributed by atoms with Crippen molar-refractivity contribution in [1.29, 1.82) is 0 Å². The summed E-state index contributed by atoms with van der Waals surface area (Å²) in [6.45, 7) is 4.06. The monoisotopic (exact) mass is 354 g/mol. The van der Waals surface area contributed by atoms with Gasteiger partial charge >= 0.3 is 0 Å². The first-order chi connectivity index (χ1) is 8.47. The Hall–Kier alpha value is -0.140. The Bertz CT molecular complexity index is 494. The summed E-state index contributed by atoms with van der Waals surface area (Å²) in [7, 11) is -3.53. The van der Waals surface area contributed by atoms with E-state index < -0.39 is 10.0 Å². The van der Waals surface area contributed by atoms with Crippen LogP contribution in [0.3, 0.4) is 0 Å². The Balaban J connectivity index is 2.63. The summed E-state index contributed by atoms with van der Waals surface area (Å²) in [5.41, 5.74) is 0. The van der Waals surface area contributed by atoms with Crippen LogP contribution in [0, 0.1) is 0 Å². The molecule has 0 amide bonds. The quantitative estimate of drug-likeness (QED) is 0.738. The Morgan fingerprint density at radius 2 is 2.06 bits per heavy atom. The SMILES string of the molecule is CCNCCCNS(=O)(=O)c1ccc(Br)cc1Cl. The fraction of sp³-hybridized carbons (Fsp3) is 0.455. The second-order valence-electron chi connectivity index (χ2n) is 3.68. The lowest BCUT2D eigenvalue weighted by molar-refractivity contribution is 0.575. The van der Waals surface area contributed by atoms with E-state index >= 15 is 0 Å². The molecule has 7 heteroatoms. The van der Waals surface area contributed by atoms with Crippen LogP contribution in [0.15, 0.2) is 27.6 Å². The van der Waals surface area contributed by atoms with Crippen LogP contribution in [0.1, 0.15) is 13.3 Å². The molecule has 0 aliphatic rings. The fourth-order valence-corrected chi connectivity index (χ4v) is 3.48. The molecule has 1 aromatic carbocycles. The van der Waals surface area contributed by atoms with Crippen LogP contribution in [-0.4, -0.2) is 28.1 Å². The Labute approximate surface area is 121 Å². The van der Waals surface area contributed by atoms with Crippen molar-refractivity contribution in [2.24, 2.45) is 0 Å². The van der Waals surface area contributed by atoms with Gasteiger partial charge in [-0.2, -0.15) is 0 Å². The molecule has 1 rings (SSSR count). The number of hydrogen-bond donors (Lipinski definition) is 2. The Kier molecular flexibility index (Phi) is 6.59. The minimum atomic E-state index is -3.53. The number of nitrogens with one attached hydrogen (secondary N) is 2. The van der Waals surface area contributed by atoms with E-state index in [1.165, 1.54) is 6.07 Å². The third-order valence-corrected chi connectivity index (χ3v) is 4.69. The largest absolute Gasteiger partial charge is 0.317 e. The molecule has 0 saturated heterocycles. The van der Waals surface area contributed by atoms with Gasteiger partial charge in [-0.05, 0) is 37.7 Å². The van der Waals surface area contributed by atoms with E-state index in [1.807, 2.05) is 6.92 Å². The molecule has 4 nitrogen and oxygen atoms in total. The standard InChI is InChI=1S/C11H16BrClN2O2S/c1-2-14-6-3-7-15-18(16,17)11-5-4-9(12)8-10(11)13/h4-5,8,14-15H,2-3,6-7H2,1H3. The molecule has 0 aliphatic carbocycles. The molecule has 1 aromatic rings. The molecule has 102 valence electrons. The van der Waals surface area contributed by atoms with Crippen LogP contribution < -0.4 is 10.0 Å². The van der Waals surface area contributed by atoms with E-state index in [0.29, 0.717) is 6.54 Å². The van der Waals surface area contributed by atoms with Crippen molar-refractivity contribution in [1.82, 2.24) is 10.0 Å². The molecule has 0 heterocycles. The molecule has 0 aliphatic heterocycles. The van der Waals surface area contributed by atoms with Gasteiger partial charge in [-0.25, -0.2) is 13.1 Å². The smallest absolute Gasteiger partial charge is 0.242 e. The number of rotatable bonds is 7. The molecule has 2 N–H and O–H groups in total. The zero-order chi connectivity index (χ0) is 13.6. The second kappa shape index (κ2) is 7.45. The summed E-state index contributed by atoms with van der Waals surface area (Å²) in [5, 5.41) is 3.34. The predicted molar refractivity (Wildman–Crippen MR) is 77.5 cm³/mol. The molecule has 18 heavy (non-hydrogen) atoms. The van der Waals surface area contributed by atoms with E-state index in [2.05, 4.69) is 26.0 Å². The fourth-order valence-electron chi connectivity index (χ4n) is 1.37. The molecule has 0 saturated carbocycles. The molecule has 0 unspecified atom stereocenters. The molecule has 0 aromatic heterocycles. The second-order valence-corrected chi connectivity index (χ2v) is 6.74. The number of benzene rings is 1. The lowest BCUT2D eigenvalue weighted by atomic mass is 10.4. The predicted octanol–water partition coefficient (Wildman–Crippen LogP) is 2.38. The van der Waals surface area contributed by atoms with Gasteiger partial charge in [-0.3, -0.25) is 0 Å². The van der Waals surface area contributed by atoms with Gasteiger partial charge in [-0.1, -0.05) is 34.5 Å². The van der Waals surface area contributed by atoms with Crippen LogP contribution in [0.25, 0.3) is 0 Å². The highest BCUT2D eigenvalue weighted by Crippen LogP contribution is 2.24. The number of halogens is 2. The lowest BCUT2D eigenvalue weighted by Crippen LogP contribution is -2.27. The zero-order valence-electron chi connectivity index (χ0n) is 10.0. The summed E-state index contributed by atoms with van der Waals surface area (Å²) in [6.07, 6.45) is 0.737. The van der Waals surface area contributed by atoms with Crippen LogP contribution in [0.2, 0.25) is 5.02 Å². The van der Waals surface area contributed by atoms with E-state index in [9.17, 15) is 8.42 Å². The summed E-state index contributed by atoms with van der Waals surface area (Å²) in [6, 6.07) is 4.70. The molecule has 0 spiro atoms. The van der Waals surface area contributed by atoms with Crippen molar-refractivity contribution in [2.75, 3.05) is 19.6 Å². The average molecular weight is 356 g/mol. The molecule has 0 radical (unpaired) electrons. The Morgan fingerprint density at radius 1 is 1.33 bits per heavy atom. The van der Waals surface area contributed by atoms with Crippen molar-refractivity contribution in [3.8, 4) is 0 Å². The van der Waals surface area contributed by atoms with Crippen LogP contribution in [0.5, 0.6) is 0 Å². The van der Waals surface area contributed by atoms with Crippen molar-refractivity contribution in [3.05, 3.63) is 27.7 Å². The normalized spacial score (nSPS) is 11.7. The third-order valence-electron chi connectivity index (χ3n) is 2.26. The maximum atomic E-state index is 12.0. The van der Waals surface area contributed by atoms with Crippen molar-refractivity contribution < 1.29 is 8.42 Å². The van der Waals surface area contributed by atoms with Crippen molar-refractivity contribution in [2.45, 2.75) is 18.2 Å². The van der Waals surface area contributed by atoms with E-state index in [-0.39, 0.29) is 9.92 Å². The van der Waals surface area contributed by atoms with Gasteiger partial charge in [0.15, 0.2) is 0 Å². The number of hydrogen-bond acceptors (Lipinski definition) is 3. The maximum Gasteiger partial charge on any atom is 0.242 e. The number of sulfonamides is 1. The van der Waals surface area contributed by atoms with Gasteiger partial charge in [0.25, 0.3) is 0 Å². The summed E-state index contributed by atoms with van der Waals surface area (Å²) < 4.78 is 27.2. The van der Waals surface area contributed by atoms with Gasteiger partial charge in [-0.15, -0.1) is 0 Å². The van der Waals surface area contributed by atoms with Gasteiger partial charge in [0.1, 0.15) is 4.90 Å². The van der Waals surface area contributed by atoms with Crippen LogP contribution in [-0.2, 0) is 10.0 Å². The maximum absolute atomic E-state index is 12.0. The first-order valence-corrected chi connectivity index (χ1v) is 8.28. The zero-order valence-corrected chi connectivity index (χ0v) is 13.2. The van der Waals surface area contributed by atoms with Crippen LogP contribution in [0.4, 0.5) is 0 Å². The highest BCUT2D eigenvalue weighted by molar-refractivity contribution is 9.10. The third kappa shape index (κ3) is 4.85. The average Bonchev–Trinajstić information content (AvgIpc) is 2.28. The highest BCUT2D eigenvalue weighted by atomic mass is 79.9.